The molecule has 3 nitrogen and oxygen atoms in total. The summed E-state index contributed by atoms with van der Waals surface area (Å²) in [6, 6.07) is 11.9. The molecule has 112 valence electrons. The van der Waals surface area contributed by atoms with Gasteiger partial charge in [0.25, 0.3) is 0 Å². The van der Waals surface area contributed by atoms with Crippen molar-refractivity contribution in [2.45, 2.75) is 34.0 Å². The van der Waals surface area contributed by atoms with Crippen molar-refractivity contribution in [1.29, 1.82) is 0 Å². The highest BCUT2D eigenvalue weighted by Gasteiger charge is 2.11. The van der Waals surface area contributed by atoms with Gasteiger partial charge in [-0.3, -0.25) is 0 Å². The molecule has 0 atom stereocenters. The average Bonchev–Trinajstić information content (AvgIpc) is 2.49. The average molecular weight is 286 g/mol. The van der Waals surface area contributed by atoms with E-state index in [2.05, 4.69) is 32.0 Å². The van der Waals surface area contributed by atoms with Crippen molar-refractivity contribution in [2.75, 3.05) is 6.61 Å². The summed E-state index contributed by atoms with van der Waals surface area (Å²) in [6.45, 7) is 7.03. The van der Waals surface area contributed by atoms with Crippen molar-refractivity contribution < 1.29 is 14.6 Å². The largest absolute Gasteiger partial charge is 0.490 e. The second-order valence-corrected chi connectivity index (χ2v) is 5.05. The van der Waals surface area contributed by atoms with E-state index in [-0.39, 0.29) is 6.61 Å². The van der Waals surface area contributed by atoms with Crippen molar-refractivity contribution in [2.24, 2.45) is 0 Å². The maximum Gasteiger partial charge on any atom is 0.167 e. The number of aryl methyl sites for hydroxylation is 2. The molecule has 2 aromatic carbocycles. The lowest BCUT2D eigenvalue weighted by molar-refractivity contribution is 0.243. The summed E-state index contributed by atoms with van der Waals surface area (Å²) < 4.78 is 11.5. The SMILES string of the molecule is CCOc1cccc(CO)c1OCc1cc(C)ccc1C. The van der Waals surface area contributed by atoms with E-state index in [1.807, 2.05) is 25.1 Å². The molecular formula is C18H22O3. The molecule has 0 radical (unpaired) electrons. The second kappa shape index (κ2) is 7.14. The van der Waals surface area contributed by atoms with Gasteiger partial charge in [-0.1, -0.05) is 35.9 Å². The molecule has 0 aliphatic heterocycles. The number of benzene rings is 2. The van der Waals surface area contributed by atoms with Gasteiger partial charge in [-0.25, -0.2) is 0 Å². The van der Waals surface area contributed by atoms with E-state index in [4.69, 9.17) is 9.47 Å². The van der Waals surface area contributed by atoms with Gasteiger partial charge in [-0.2, -0.15) is 0 Å². The Morgan fingerprint density at radius 3 is 2.52 bits per heavy atom. The molecule has 3 heteroatoms. The lowest BCUT2D eigenvalue weighted by Crippen LogP contribution is -2.04. The first-order chi connectivity index (χ1) is 10.2. The standard InChI is InChI=1S/C18H22O3/c1-4-20-17-7-5-6-15(11-19)18(17)21-12-16-10-13(2)8-9-14(16)3/h5-10,19H,4,11-12H2,1-3H3. The van der Waals surface area contributed by atoms with Gasteiger partial charge in [0.1, 0.15) is 6.61 Å². The Hall–Kier alpha value is -2.00. The molecule has 1 N–H and O–H groups in total. The van der Waals surface area contributed by atoms with Crippen LogP contribution in [-0.4, -0.2) is 11.7 Å². The first-order valence-corrected chi connectivity index (χ1v) is 7.20. The van der Waals surface area contributed by atoms with E-state index in [0.29, 0.717) is 24.7 Å². The summed E-state index contributed by atoms with van der Waals surface area (Å²) in [7, 11) is 0. The van der Waals surface area contributed by atoms with E-state index >= 15 is 0 Å². The summed E-state index contributed by atoms with van der Waals surface area (Å²) in [5, 5.41) is 9.47. The van der Waals surface area contributed by atoms with Crippen molar-refractivity contribution >= 4 is 0 Å². The zero-order valence-electron chi connectivity index (χ0n) is 12.8. The first-order valence-electron chi connectivity index (χ1n) is 7.20. The Labute approximate surface area is 126 Å². The molecule has 0 saturated heterocycles. The van der Waals surface area contributed by atoms with Crippen LogP contribution in [0.4, 0.5) is 0 Å². The molecular weight excluding hydrogens is 264 g/mol. The molecule has 0 heterocycles. The monoisotopic (exact) mass is 286 g/mol. The first kappa shape index (κ1) is 15.4. The third-order valence-corrected chi connectivity index (χ3v) is 3.41. The number of aliphatic hydroxyl groups is 1. The van der Waals surface area contributed by atoms with Crippen LogP contribution in [0.15, 0.2) is 36.4 Å². The van der Waals surface area contributed by atoms with Crippen LogP contribution >= 0.6 is 0 Å². The highest BCUT2D eigenvalue weighted by atomic mass is 16.5. The highest BCUT2D eigenvalue weighted by molar-refractivity contribution is 5.46. The van der Waals surface area contributed by atoms with E-state index < -0.39 is 0 Å². The molecule has 0 aromatic heterocycles. The minimum Gasteiger partial charge on any atom is -0.490 e. The van der Waals surface area contributed by atoms with E-state index in [1.165, 1.54) is 11.1 Å². The number of rotatable bonds is 6. The summed E-state index contributed by atoms with van der Waals surface area (Å²) in [4.78, 5) is 0. The van der Waals surface area contributed by atoms with Crippen LogP contribution in [0.1, 0.15) is 29.2 Å². The van der Waals surface area contributed by atoms with Gasteiger partial charge >= 0.3 is 0 Å². The van der Waals surface area contributed by atoms with Gasteiger partial charge in [0.2, 0.25) is 0 Å². The smallest absolute Gasteiger partial charge is 0.167 e. The quantitative estimate of drug-likeness (QED) is 0.878. The van der Waals surface area contributed by atoms with Gasteiger partial charge in [0.05, 0.1) is 13.2 Å². The predicted molar refractivity (Wildman–Crippen MR) is 83.8 cm³/mol. The van der Waals surface area contributed by atoms with Crippen LogP contribution in [0.3, 0.4) is 0 Å². The van der Waals surface area contributed by atoms with E-state index in [1.54, 1.807) is 0 Å². The molecule has 21 heavy (non-hydrogen) atoms. The Kier molecular flexibility index (Phi) is 5.23. The Bertz CT molecular complexity index is 605. The molecule has 0 aliphatic carbocycles. The zero-order valence-corrected chi connectivity index (χ0v) is 12.8. The molecule has 2 aromatic rings. The number of aliphatic hydroxyl groups excluding tert-OH is 1. The van der Waals surface area contributed by atoms with Gasteiger partial charge in [0.15, 0.2) is 11.5 Å². The molecule has 0 spiro atoms. The minimum atomic E-state index is -0.0664. The van der Waals surface area contributed by atoms with Gasteiger partial charge in [-0.15, -0.1) is 0 Å². The maximum absolute atomic E-state index is 9.47. The van der Waals surface area contributed by atoms with Gasteiger partial charge in [-0.05, 0) is 38.0 Å². The van der Waals surface area contributed by atoms with Crippen molar-refractivity contribution in [1.82, 2.24) is 0 Å². The fourth-order valence-electron chi connectivity index (χ4n) is 2.22. The van der Waals surface area contributed by atoms with Crippen LogP contribution in [0.25, 0.3) is 0 Å². The Balaban J connectivity index is 2.24. The Morgan fingerprint density at radius 2 is 1.81 bits per heavy atom. The van der Waals surface area contributed by atoms with Crippen LogP contribution in [0, 0.1) is 13.8 Å². The normalized spacial score (nSPS) is 10.5. The summed E-state index contributed by atoms with van der Waals surface area (Å²) in [5.41, 5.74) is 4.29. The van der Waals surface area contributed by atoms with Crippen LogP contribution in [0.2, 0.25) is 0 Å². The third-order valence-electron chi connectivity index (χ3n) is 3.41. The minimum absolute atomic E-state index is 0.0664. The van der Waals surface area contributed by atoms with Crippen molar-refractivity contribution in [3.8, 4) is 11.5 Å². The lowest BCUT2D eigenvalue weighted by Gasteiger charge is -2.16. The van der Waals surface area contributed by atoms with Crippen molar-refractivity contribution in [3.63, 3.8) is 0 Å². The molecule has 0 fully saturated rings. The number of hydrogen-bond acceptors (Lipinski definition) is 3. The van der Waals surface area contributed by atoms with Crippen LogP contribution in [0.5, 0.6) is 11.5 Å². The Morgan fingerprint density at radius 1 is 1.00 bits per heavy atom. The third kappa shape index (κ3) is 3.76. The number of para-hydroxylation sites is 1. The maximum atomic E-state index is 9.47. The van der Waals surface area contributed by atoms with Crippen LogP contribution < -0.4 is 9.47 Å². The molecule has 2 rings (SSSR count). The lowest BCUT2D eigenvalue weighted by atomic mass is 10.1. The topological polar surface area (TPSA) is 38.7 Å². The predicted octanol–water partition coefficient (Wildman–Crippen LogP) is 3.77. The summed E-state index contributed by atoms with van der Waals surface area (Å²) in [6.07, 6.45) is 0. The molecule has 0 unspecified atom stereocenters. The van der Waals surface area contributed by atoms with Crippen molar-refractivity contribution in [3.05, 3.63) is 58.7 Å². The highest BCUT2D eigenvalue weighted by Crippen LogP contribution is 2.32. The van der Waals surface area contributed by atoms with E-state index in [9.17, 15) is 5.11 Å². The summed E-state index contributed by atoms with van der Waals surface area (Å²) in [5.74, 6) is 1.30. The molecule has 0 amide bonds. The number of hydrogen-bond donors (Lipinski definition) is 1. The summed E-state index contributed by atoms with van der Waals surface area (Å²) >= 11 is 0. The fourth-order valence-corrected chi connectivity index (χ4v) is 2.22. The van der Waals surface area contributed by atoms with Crippen LogP contribution in [-0.2, 0) is 13.2 Å². The zero-order chi connectivity index (χ0) is 15.2. The second-order valence-electron chi connectivity index (χ2n) is 5.05. The number of ether oxygens (including phenoxy) is 2. The molecule has 0 aliphatic rings. The van der Waals surface area contributed by atoms with E-state index in [0.717, 1.165) is 11.1 Å². The molecule has 0 bridgehead atoms. The van der Waals surface area contributed by atoms with Gasteiger partial charge < -0.3 is 14.6 Å². The van der Waals surface area contributed by atoms with Gasteiger partial charge in [0, 0.05) is 5.56 Å². The fraction of sp³-hybridized carbons (Fsp3) is 0.333. The molecule has 0 saturated carbocycles.